The van der Waals surface area contributed by atoms with Gasteiger partial charge in [-0.3, -0.25) is 19.2 Å². The van der Waals surface area contributed by atoms with E-state index in [9.17, 15) is 19.2 Å². The molecule has 0 amide bonds. The van der Waals surface area contributed by atoms with Gasteiger partial charge in [-0.05, 0) is 24.3 Å². The molecule has 0 aliphatic heterocycles. The Hall–Kier alpha value is -3.94. The molecule has 8 nitrogen and oxygen atoms in total. The molecule has 0 unspecified atom stereocenters. The van der Waals surface area contributed by atoms with Gasteiger partial charge in [0, 0.05) is 44.5 Å². The van der Waals surface area contributed by atoms with Gasteiger partial charge in [-0.25, -0.2) is 0 Å². The highest BCUT2D eigenvalue weighted by atomic mass is 16.5. The molecule has 0 aliphatic carbocycles. The summed E-state index contributed by atoms with van der Waals surface area (Å²) in [6.07, 6.45) is 0. The van der Waals surface area contributed by atoms with Crippen LogP contribution in [0.1, 0.15) is 20.8 Å². The highest BCUT2D eigenvalue weighted by Gasteiger charge is 2.16. The lowest BCUT2D eigenvalue weighted by Crippen LogP contribution is -2.09. The predicted molar refractivity (Wildman–Crippen MR) is 102 cm³/mol. The highest BCUT2D eigenvalue weighted by Crippen LogP contribution is 2.32. The first-order chi connectivity index (χ1) is 13.7. The zero-order valence-electron chi connectivity index (χ0n) is 15.8. The molecule has 0 N–H and O–H groups in total. The van der Waals surface area contributed by atoms with Crippen LogP contribution in [0, 0.1) is 0 Å². The molecular formula is C21H16O8. The number of rotatable bonds is 4. The van der Waals surface area contributed by atoms with Crippen LogP contribution >= 0.6 is 0 Å². The molecule has 0 fully saturated rings. The van der Waals surface area contributed by atoms with E-state index in [1.807, 2.05) is 0 Å². The molecule has 0 spiro atoms. The number of ether oxygens (including phenoxy) is 3. The second kappa shape index (κ2) is 7.97. The quantitative estimate of drug-likeness (QED) is 0.488. The monoisotopic (exact) mass is 396 g/mol. The van der Waals surface area contributed by atoms with Crippen LogP contribution in [0.5, 0.6) is 17.2 Å². The number of fused-ring (bicyclic) bond motifs is 1. The van der Waals surface area contributed by atoms with E-state index in [2.05, 4.69) is 0 Å². The van der Waals surface area contributed by atoms with Crippen molar-refractivity contribution in [2.24, 2.45) is 0 Å². The van der Waals surface area contributed by atoms with Crippen LogP contribution in [0.25, 0.3) is 22.3 Å². The van der Waals surface area contributed by atoms with E-state index in [1.165, 1.54) is 39.0 Å². The Morgan fingerprint density at radius 3 is 1.93 bits per heavy atom. The number of carbonyl (C=O) groups excluding carboxylic acids is 3. The highest BCUT2D eigenvalue weighted by molar-refractivity contribution is 5.89. The largest absolute Gasteiger partial charge is 0.456 e. The Kier molecular flexibility index (Phi) is 5.45. The molecule has 29 heavy (non-hydrogen) atoms. The maximum Gasteiger partial charge on any atom is 0.308 e. The van der Waals surface area contributed by atoms with Gasteiger partial charge in [-0.1, -0.05) is 0 Å². The maximum atomic E-state index is 12.7. The molecule has 148 valence electrons. The Morgan fingerprint density at radius 2 is 1.34 bits per heavy atom. The summed E-state index contributed by atoms with van der Waals surface area (Å²) in [6, 6.07) is 10.2. The Bertz CT molecular complexity index is 1170. The van der Waals surface area contributed by atoms with E-state index in [1.54, 1.807) is 24.3 Å². The van der Waals surface area contributed by atoms with E-state index in [4.69, 9.17) is 18.6 Å². The van der Waals surface area contributed by atoms with Gasteiger partial charge >= 0.3 is 17.9 Å². The third-order valence-electron chi connectivity index (χ3n) is 3.68. The molecule has 3 rings (SSSR count). The van der Waals surface area contributed by atoms with Crippen LogP contribution in [-0.2, 0) is 14.4 Å². The standard InChI is InChI=1S/C21H16O8/c1-11(22)26-15-6-4-14(5-7-15)18-10-17(25)21-19(28-13(3)24)8-16(27-12(2)23)9-20(21)29-18/h4-10H,1-3H3. The van der Waals surface area contributed by atoms with Crippen molar-refractivity contribution in [3.63, 3.8) is 0 Å². The smallest absolute Gasteiger partial charge is 0.308 e. The summed E-state index contributed by atoms with van der Waals surface area (Å²) < 4.78 is 20.9. The number of carbonyl (C=O) groups is 3. The average molecular weight is 396 g/mol. The zero-order valence-corrected chi connectivity index (χ0v) is 15.8. The fourth-order valence-corrected chi connectivity index (χ4v) is 2.68. The molecule has 0 saturated heterocycles. The van der Waals surface area contributed by atoms with Gasteiger partial charge in [0.25, 0.3) is 0 Å². The molecule has 0 saturated carbocycles. The van der Waals surface area contributed by atoms with Crippen molar-refractivity contribution >= 4 is 28.9 Å². The maximum absolute atomic E-state index is 12.7. The lowest BCUT2D eigenvalue weighted by atomic mass is 10.1. The van der Waals surface area contributed by atoms with Crippen molar-refractivity contribution in [1.82, 2.24) is 0 Å². The summed E-state index contributed by atoms with van der Waals surface area (Å²) in [5, 5.41) is 0.0383. The fourth-order valence-electron chi connectivity index (χ4n) is 2.68. The minimum Gasteiger partial charge on any atom is -0.456 e. The first-order valence-corrected chi connectivity index (χ1v) is 8.50. The summed E-state index contributed by atoms with van der Waals surface area (Å²) >= 11 is 0. The molecule has 0 atom stereocenters. The first kappa shape index (κ1) is 19.8. The Labute approximate surface area is 164 Å². The molecule has 3 aromatic rings. The van der Waals surface area contributed by atoms with Crippen LogP contribution in [-0.4, -0.2) is 17.9 Å². The Morgan fingerprint density at radius 1 is 0.759 bits per heavy atom. The molecule has 2 aromatic carbocycles. The van der Waals surface area contributed by atoms with Crippen LogP contribution in [0.15, 0.2) is 51.7 Å². The molecule has 0 aliphatic rings. The summed E-state index contributed by atoms with van der Waals surface area (Å²) in [5.74, 6) is -1.12. The number of esters is 3. The van der Waals surface area contributed by atoms with E-state index in [0.29, 0.717) is 11.3 Å². The van der Waals surface area contributed by atoms with Crippen LogP contribution < -0.4 is 19.6 Å². The van der Waals surface area contributed by atoms with Gasteiger partial charge < -0.3 is 18.6 Å². The van der Waals surface area contributed by atoms with Gasteiger partial charge in [0.1, 0.15) is 34.0 Å². The molecule has 8 heteroatoms. The molecule has 1 heterocycles. The van der Waals surface area contributed by atoms with Crippen LogP contribution in [0.3, 0.4) is 0 Å². The molecule has 0 radical (unpaired) electrons. The third kappa shape index (κ3) is 4.67. The minimum atomic E-state index is -0.643. The summed E-state index contributed by atoms with van der Waals surface area (Å²) in [4.78, 5) is 46.4. The van der Waals surface area contributed by atoms with Crippen molar-refractivity contribution < 1.29 is 33.0 Å². The SMILES string of the molecule is CC(=O)Oc1ccc(-c2cc(=O)c3c(OC(C)=O)cc(OC(C)=O)cc3o2)cc1. The lowest BCUT2D eigenvalue weighted by molar-refractivity contribution is -0.133. The van der Waals surface area contributed by atoms with E-state index in [-0.39, 0.29) is 28.2 Å². The number of hydrogen-bond acceptors (Lipinski definition) is 8. The summed E-state index contributed by atoms with van der Waals surface area (Å²) in [5.41, 5.74) is 0.175. The van der Waals surface area contributed by atoms with Gasteiger partial charge in [-0.2, -0.15) is 0 Å². The second-order valence-electron chi connectivity index (χ2n) is 6.07. The van der Waals surface area contributed by atoms with Crippen molar-refractivity contribution in [3.05, 3.63) is 52.7 Å². The molecule has 0 bridgehead atoms. The number of hydrogen-bond donors (Lipinski definition) is 0. The van der Waals surface area contributed by atoms with Crippen molar-refractivity contribution in [2.75, 3.05) is 0 Å². The van der Waals surface area contributed by atoms with Gasteiger partial charge in [0.2, 0.25) is 0 Å². The summed E-state index contributed by atoms with van der Waals surface area (Å²) in [7, 11) is 0. The van der Waals surface area contributed by atoms with E-state index in [0.717, 1.165) is 0 Å². The average Bonchev–Trinajstić information content (AvgIpc) is 2.60. The number of benzene rings is 2. The van der Waals surface area contributed by atoms with Gasteiger partial charge in [0.15, 0.2) is 5.43 Å². The normalized spacial score (nSPS) is 10.4. The van der Waals surface area contributed by atoms with E-state index < -0.39 is 23.3 Å². The minimum absolute atomic E-state index is 0.0383. The predicted octanol–water partition coefficient (Wildman–Crippen LogP) is 3.24. The molecular weight excluding hydrogens is 380 g/mol. The van der Waals surface area contributed by atoms with Crippen molar-refractivity contribution in [1.29, 1.82) is 0 Å². The zero-order chi connectivity index (χ0) is 21.1. The van der Waals surface area contributed by atoms with Crippen LogP contribution in [0.2, 0.25) is 0 Å². The topological polar surface area (TPSA) is 109 Å². The third-order valence-corrected chi connectivity index (χ3v) is 3.68. The Balaban J connectivity index is 2.13. The van der Waals surface area contributed by atoms with Gasteiger partial charge in [0.05, 0.1) is 0 Å². The van der Waals surface area contributed by atoms with E-state index >= 15 is 0 Å². The molecule has 1 aromatic heterocycles. The van der Waals surface area contributed by atoms with Crippen molar-refractivity contribution in [3.8, 4) is 28.6 Å². The summed E-state index contributed by atoms with van der Waals surface area (Å²) in [6.45, 7) is 3.69. The second-order valence-corrected chi connectivity index (χ2v) is 6.07. The van der Waals surface area contributed by atoms with Crippen LogP contribution in [0.4, 0.5) is 0 Å². The van der Waals surface area contributed by atoms with Crippen molar-refractivity contribution in [2.45, 2.75) is 20.8 Å². The fraction of sp³-hybridized carbons (Fsp3) is 0.143. The lowest BCUT2D eigenvalue weighted by Gasteiger charge is -2.10. The first-order valence-electron chi connectivity index (χ1n) is 8.50. The van der Waals surface area contributed by atoms with Gasteiger partial charge in [-0.15, -0.1) is 0 Å².